The van der Waals surface area contributed by atoms with Crippen LogP contribution in [0.4, 0.5) is 0 Å². The van der Waals surface area contributed by atoms with Crippen LogP contribution in [0.25, 0.3) is 10.9 Å². The number of fused-ring (bicyclic) bond motifs is 1. The second kappa shape index (κ2) is 8.35. The second-order valence-corrected chi connectivity index (χ2v) is 8.73. The van der Waals surface area contributed by atoms with Crippen molar-refractivity contribution < 1.29 is 23.4 Å². The van der Waals surface area contributed by atoms with Gasteiger partial charge < -0.3 is 14.0 Å². The van der Waals surface area contributed by atoms with E-state index >= 15 is 0 Å². The Morgan fingerprint density at radius 2 is 2.12 bits per heavy atom. The summed E-state index contributed by atoms with van der Waals surface area (Å²) < 4.78 is 28.7. The SMILES string of the molecule is CC(NP(=O)(Cl)Oc1cccc2ncccc12)C(=O)OC1CCOCC1. The standard InChI is InChI=1S/C17H20ClN2O5P/c1-12(17(21)24-13-7-10-23-11-8-13)20-26(18,22)25-16-6-2-5-15-14(16)4-3-9-19-15/h2-6,9,12-13H,7-8,10-11H2,1H3,(H,20,22). The van der Waals surface area contributed by atoms with E-state index < -0.39 is 18.9 Å². The highest BCUT2D eigenvalue weighted by Crippen LogP contribution is 2.49. The molecule has 1 aromatic heterocycles. The number of carbonyl (C=O) groups excluding carboxylic acids is 1. The molecule has 2 aromatic rings. The summed E-state index contributed by atoms with van der Waals surface area (Å²) in [6, 6.07) is 7.83. The van der Waals surface area contributed by atoms with Crippen molar-refractivity contribution in [2.75, 3.05) is 13.2 Å². The number of esters is 1. The fraction of sp³-hybridized carbons (Fsp3) is 0.412. The molecule has 0 radical (unpaired) electrons. The molecular weight excluding hydrogens is 379 g/mol. The summed E-state index contributed by atoms with van der Waals surface area (Å²) in [7, 11) is 0. The number of ether oxygens (including phenoxy) is 2. The van der Waals surface area contributed by atoms with Crippen molar-refractivity contribution in [3.05, 3.63) is 36.5 Å². The van der Waals surface area contributed by atoms with Gasteiger partial charge in [-0.15, -0.1) is 0 Å². The smallest absolute Gasteiger partial charge is 0.409 e. The second-order valence-electron chi connectivity index (χ2n) is 6.00. The van der Waals surface area contributed by atoms with Gasteiger partial charge in [-0.05, 0) is 31.2 Å². The van der Waals surface area contributed by atoms with Gasteiger partial charge in [-0.25, -0.2) is 9.65 Å². The van der Waals surface area contributed by atoms with E-state index in [0.717, 1.165) is 0 Å². The van der Waals surface area contributed by atoms with Crippen LogP contribution < -0.4 is 9.61 Å². The van der Waals surface area contributed by atoms with E-state index in [1.807, 2.05) is 6.07 Å². The average molecular weight is 399 g/mol. The highest BCUT2D eigenvalue weighted by atomic mass is 35.7. The molecule has 140 valence electrons. The molecule has 0 amide bonds. The lowest BCUT2D eigenvalue weighted by Gasteiger charge is -2.24. The van der Waals surface area contributed by atoms with E-state index in [9.17, 15) is 9.36 Å². The summed E-state index contributed by atoms with van der Waals surface area (Å²) in [6.07, 6.45) is 2.76. The number of nitrogens with one attached hydrogen (secondary N) is 1. The lowest BCUT2D eigenvalue weighted by Crippen LogP contribution is -2.37. The van der Waals surface area contributed by atoms with Crippen LogP contribution in [0.15, 0.2) is 36.5 Å². The number of benzene rings is 1. The van der Waals surface area contributed by atoms with Gasteiger partial charge in [0.25, 0.3) is 0 Å². The van der Waals surface area contributed by atoms with Crippen molar-refractivity contribution in [2.45, 2.75) is 31.9 Å². The van der Waals surface area contributed by atoms with Crippen molar-refractivity contribution in [2.24, 2.45) is 0 Å². The fourth-order valence-corrected chi connectivity index (χ4v) is 4.35. The quantitative estimate of drug-likeness (QED) is 0.587. The molecule has 1 aliphatic rings. The van der Waals surface area contributed by atoms with Gasteiger partial charge in [-0.1, -0.05) is 6.07 Å². The maximum Gasteiger partial charge on any atom is 0.409 e. The molecule has 0 spiro atoms. The Hall–Kier alpha value is -1.66. The number of nitrogens with zero attached hydrogens (tertiary/aromatic N) is 1. The largest absolute Gasteiger partial charge is 0.461 e. The molecule has 7 nitrogen and oxygen atoms in total. The van der Waals surface area contributed by atoms with Gasteiger partial charge in [0.05, 0.1) is 18.7 Å². The summed E-state index contributed by atoms with van der Waals surface area (Å²) in [5.41, 5.74) is 0.689. The topological polar surface area (TPSA) is 86.8 Å². The number of carbonyl (C=O) groups is 1. The van der Waals surface area contributed by atoms with Gasteiger partial charge in [0.1, 0.15) is 17.9 Å². The van der Waals surface area contributed by atoms with Crippen molar-refractivity contribution in [3.63, 3.8) is 0 Å². The summed E-state index contributed by atoms with van der Waals surface area (Å²) in [6.45, 7) is -1.16. The van der Waals surface area contributed by atoms with Crippen molar-refractivity contribution in [3.8, 4) is 5.75 Å². The molecule has 3 rings (SSSR count). The first kappa shape index (κ1) is 19.1. The Bertz CT molecular complexity index is 822. The lowest BCUT2D eigenvalue weighted by atomic mass is 10.1. The zero-order valence-corrected chi connectivity index (χ0v) is 15.9. The summed E-state index contributed by atoms with van der Waals surface area (Å²) in [5, 5.41) is 3.21. The molecule has 1 aliphatic heterocycles. The lowest BCUT2D eigenvalue weighted by molar-refractivity contribution is -0.154. The normalized spacial score (nSPS) is 18.8. The predicted molar refractivity (Wildman–Crippen MR) is 98.4 cm³/mol. The Kier molecular flexibility index (Phi) is 6.14. The predicted octanol–water partition coefficient (Wildman–Crippen LogP) is 3.66. The van der Waals surface area contributed by atoms with Gasteiger partial charge in [0.2, 0.25) is 0 Å². The number of pyridine rings is 1. The van der Waals surface area contributed by atoms with Crippen LogP contribution in [0.1, 0.15) is 19.8 Å². The maximum absolute atomic E-state index is 12.6. The molecule has 0 aliphatic carbocycles. The third kappa shape index (κ3) is 4.95. The van der Waals surface area contributed by atoms with E-state index in [-0.39, 0.29) is 6.10 Å². The molecule has 1 aromatic carbocycles. The maximum atomic E-state index is 12.6. The first-order valence-corrected chi connectivity index (χ1v) is 10.9. The molecule has 2 heterocycles. The molecule has 2 atom stereocenters. The minimum Gasteiger partial charge on any atom is -0.461 e. The molecule has 2 unspecified atom stereocenters. The molecule has 9 heteroatoms. The number of rotatable bonds is 6. The molecule has 1 fully saturated rings. The highest BCUT2D eigenvalue weighted by molar-refractivity contribution is 7.84. The van der Waals surface area contributed by atoms with Crippen LogP contribution in [0.2, 0.25) is 0 Å². The molecule has 1 saturated heterocycles. The van der Waals surface area contributed by atoms with Gasteiger partial charge in [0.15, 0.2) is 0 Å². The Morgan fingerprint density at radius 1 is 1.35 bits per heavy atom. The average Bonchev–Trinajstić information content (AvgIpc) is 2.62. The van der Waals surface area contributed by atoms with Crippen LogP contribution in [0.3, 0.4) is 0 Å². The molecule has 26 heavy (non-hydrogen) atoms. The van der Waals surface area contributed by atoms with Gasteiger partial charge in [0, 0.05) is 35.7 Å². The van der Waals surface area contributed by atoms with Crippen LogP contribution in [0.5, 0.6) is 5.75 Å². The van der Waals surface area contributed by atoms with E-state index in [1.54, 1.807) is 30.5 Å². The first-order chi connectivity index (χ1) is 12.4. The third-order valence-corrected chi connectivity index (χ3v) is 5.60. The third-order valence-electron chi connectivity index (χ3n) is 3.97. The monoisotopic (exact) mass is 398 g/mol. The van der Waals surface area contributed by atoms with Crippen molar-refractivity contribution in [1.29, 1.82) is 0 Å². The van der Waals surface area contributed by atoms with Gasteiger partial charge >= 0.3 is 12.8 Å². The fourth-order valence-electron chi connectivity index (χ4n) is 2.65. The number of halogens is 1. The first-order valence-electron chi connectivity index (χ1n) is 8.34. The zero-order chi connectivity index (χ0) is 18.6. The van der Waals surface area contributed by atoms with E-state index in [2.05, 4.69) is 10.1 Å². The Balaban J connectivity index is 1.64. The summed E-state index contributed by atoms with van der Waals surface area (Å²) >= 11 is 6.03. The zero-order valence-electron chi connectivity index (χ0n) is 14.3. The van der Waals surface area contributed by atoms with Crippen LogP contribution in [0, 0.1) is 0 Å². The highest BCUT2D eigenvalue weighted by Gasteiger charge is 2.30. The van der Waals surface area contributed by atoms with E-state index in [0.29, 0.717) is 42.7 Å². The molecule has 1 N–H and O–H groups in total. The van der Waals surface area contributed by atoms with Crippen LogP contribution >= 0.6 is 18.1 Å². The number of hydrogen-bond donors (Lipinski definition) is 1. The minimum absolute atomic E-state index is 0.194. The molecular formula is C17H20ClN2O5P. The van der Waals surface area contributed by atoms with Gasteiger partial charge in [-0.3, -0.25) is 9.78 Å². The molecule has 0 saturated carbocycles. The van der Waals surface area contributed by atoms with Crippen molar-refractivity contribution in [1.82, 2.24) is 10.1 Å². The Morgan fingerprint density at radius 3 is 2.88 bits per heavy atom. The molecule has 0 bridgehead atoms. The van der Waals surface area contributed by atoms with Gasteiger partial charge in [-0.2, -0.15) is 0 Å². The minimum atomic E-state index is -3.81. The summed E-state index contributed by atoms with van der Waals surface area (Å²) in [4.78, 5) is 16.4. The number of aromatic nitrogens is 1. The van der Waals surface area contributed by atoms with E-state index in [4.69, 9.17) is 25.2 Å². The van der Waals surface area contributed by atoms with E-state index in [1.165, 1.54) is 6.92 Å². The van der Waals surface area contributed by atoms with Crippen LogP contribution in [-0.2, 0) is 18.8 Å². The van der Waals surface area contributed by atoms with Crippen LogP contribution in [-0.4, -0.2) is 36.3 Å². The number of hydrogen-bond acceptors (Lipinski definition) is 6. The Labute approximate surface area is 156 Å². The van der Waals surface area contributed by atoms with Crippen molar-refractivity contribution >= 4 is 35.0 Å². The summed E-state index contributed by atoms with van der Waals surface area (Å²) in [5.74, 6) is -0.201.